The lowest BCUT2D eigenvalue weighted by Gasteiger charge is -2.31. The number of rotatable bonds is 1. The van der Waals surface area contributed by atoms with Crippen molar-refractivity contribution in [3.05, 3.63) is 16.7 Å². The maximum absolute atomic E-state index is 9.91. The number of halogens is 1. The molecule has 1 aromatic carbocycles. The average molecular weight is 270 g/mol. The van der Waals surface area contributed by atoms with Crippen molar-refractivity contribution in [3.63, 3.8) is 0 Å². The van der Waals surface area contributed by atoms with E-state index in [-0.39, 0.29) is 5.75 Å². The van der Waals surface area contributed by atoms with Crippen LogP contribution in [0.25, 0.3) is 0 Å². The average Bonchev–Trinajstić information content (AvgIpc) is 2.78. The number of nitrogens with two attached hydrogens (primary N) is 1. The number of phenols is 1. The molecular weight excluding hydrogens is 254 g/mol. The summed E-state index contributed by atoms with van der Waals surface area (Å²) in [7, 11) is 0. The predicted molar refractivity (Wildman–Crippen MR) is 68.4 cm³/mol. The molecule has 3 rings (SSSR count). The topological polar surface area (TPSA) is 64.7 Å². The summed E-state index contributed by atoms with van der Waals surface area (Å²) in [5, 5.41) is 10.2. The number of ether oxygens (including phenoxy) is 2. The van der Waals surface area contributed by atoms with Crippen molar-refractivity contribution < 1.29 is 14.6 Å². The molecule has 1 aromatic rings. The number of aromatic hydroxyl groups is 1. The minimum Gasteiger partial charge on any atom is -0.506 e. The zero-order chi connectivity index (χ0) is 12.8. The fourth-order valence-corrected chi connectivity index (χ4v) is 3.18. The lowest BCUT2D eigenvalue weighted by atomic mass is 9.88. The first kappa shape index (κ1) is 11.9. The summed E-state index contributed by atoms with van der Waals surface area (Å²) in [5.41, 5.74) is 6.63. The lowest BCUT2D eigenvalue weighted by Crippen LogP contribution is -2.35. The third-order valence-electron chi connectivity index (χ3n) is 3.74. The molecule has 0 unspecified atom stereocenters. The maximum Gasteiger partial charge on any atom is 0.168 e. The summed E-state index contributed by atoms with van der Waals surface area (Å²) in [6, 6.07) is 1.50. The van der Waals surface area contributed by atoms with E-state index in [1.165, 1.54) is 6.07 Å². The van der Waals surface area contributed by atoms with Crippen LogP contribution in [-0.2, 0) is 5.54 Å². The monoisotopic (exact) mass is 269 g/mol. The Balaban J connectivity index is 2.20. The van der Waals surface area contributed by atoms with Gasteiger partial charge in [0.05, 0.1) is 5.02 Å². The Kier molecular flexibility index (Phi) is 2.79. The van der Waals surface area contributed by atoms with Gasteiger partial charge in [0.15, 0.2) is 11.5 Å². The minimum absolute atomic E-state index is 0.00708. The molecule has 3 N–H and O–H groups in total. The third kappa shape index (κ3) is 1.71. The Hall–Kier alpha value is -1.13. The highest BCUT2D eigenvalue weighted by molar-refractivity contribution is 6.33. The molecule has 0 aromatic heterocycles. The molecule has 18 heavy (non-hydrogen) atoms. The van der Waals surface area contributed by atoms with Gasteiger partial charge in [-0.25, -0.2) is 0 Å². The Morgan fingerprint density at radius 2 is 1.89 bits per heavy atom. The number of fused-ring (bicyclic) bond motifs is 1. The standard InChI is InChI=1S/C13H16ClNO3/c14-11-8(16)7-9-12(18-6-5-17-9)10(11)13(15)3-1-2-4-13/h7,16H,1-6,15H2. The Morgan fingerprint density at radius 3 is 2.61 bits per heavy atom. The summed E-state index contributed by atoms with van der Waals surface area (Å²) in [5.74, 6) is 1.15. The van der Waals surface area contributed by atoms with Gasteiger partial charge in [0.1, 0.15) is 19.0 Å². The third-order valence-corrected chi connectivity index (χ3v) is 4.13. The number of hydrogen-bond acceptors (Lipinski definition) is 4. The van der Waals surface area contributed by atoms with Crippen LogP contribution in [0.3, 0.4) is 0 Å². The molecule has 4 nitrogen and oxygen atoms in total. The Morgan fingerprint density at radius 1 is 1.22 bits per heavy atom. The number of benzene rings is 1. The molecule has 5 heteroatoms. The van der Waals surface area contributed by atoms with Gasteiger partial charge in [0.2, 0.25) is 0 Å². The van der Waals surface area contributed by atoms with Gasteiger partial charge in [-0.1, -0.05) is 24.4 Å². The van der Waals surface area contributed by atoms with Crippen LogP contribution in [0, 0.1) is 0 Å². The molecular formula is C13H16ClNO3. The van der Waals surface area contributed by atoms with Crippen LogP contribution in [-0.4, -0.2) is 18.3 Å². The normalized spacial score (nSPS) is 21.0. The van der Waals surface area contributed by atoms with Gasteiger partial charge in [0.25, 0.3) is 0 Å². The van der Waals surface area contributed by atoms with Crippen molar-refractivity contribution in [2.75, 3.05) is 13.2 Å². The van der Waals surface area contributed by atoms with Crippen LogP contribution in [0.15, 0.2) is 6.07 Å². The molecule has 0 amide bonds. The summed E-state index contributed by atoms with van der Waals surface area (Å²) in [6.45, 7) is 0.961. The van der Waals surface area contributed by atoms with E-state index in [2.05, 4.69) is 0 Å². The van der Waals surface area contributed by atoms with Gasteiger partial charge in [-0.2, -0.15) is 0 Å². The van der Waals surface area contributed by atoms with Crippen LogP contribution in [0.5, 0.6) is 17.2 Å². The summed E-state index contributed by atoms with van der Waals surface area (Å²) in [6.07, 6.45) is 3.84. The molecule has 1 heterocycles. The fraction of sp³-hybridized carbons (Fsp3) is 0.538. The summed E-state index contributed by atoms with van der Waals surface area (Å²) in [4.78, 5) is 0. The smallest absolute Gasteiger partial charge is 0.168 e. The van der Waals surface area contributed by atoms with E-state index in [9.17, 15) is 5.11 Å². The maximum atomic E-state index is 9.91. The molecule has 0 saturated heterocycles. The second kappa shape index (κ2) is 4.21. The molecule has 0 atom stereocenters. The predicted octanol–water partition coefficient (Wildman–Crippen LogP) is 2.54. The molecule has 0 radical (unpaired) electrons. The van der Waals surface area contributed by atoms with Gasteiger partial charge in [0, 0.05) is 17.2 Å². The van der Waals surface area contributed by atoms with Crippen molar-refractivity contribution >= 4 is 11.6 Å². The van der Waals surface area contributed by atoms with Crippen LogP contribution in [0.4, 0.5) is 0 Å². The van der Waals surface area contributed by atoms with E-state index in [1.54, 1.807) is 0 Å². The molecule has 0 spiro atoms. The minimum atomic E-state index is -0.513. The molecule has 1 aliphatic carbocycles. The molecule has 1 fully saturated rings. The molecule has 2 aliphatic rings. The van der Waals surface area contributed by atoms with Crippen molar-refractivity contribution in [2.45, 2.75) is 31.2 Å². The van der Waals surface area contributed by atoms with E-state index in [4.69, 9.17) is 26.8 Å². The number of hydrogen-bond donors (Lipinski definition) is 2. The molecule has 1 aliphatic heterocycles. The summed E-state index contributed by atoms with van der Waals surface area (Å²) >= 11 is 6.23. The van der Waals surface area contributed by atoms with Gasteiger partial charge in [-0.3, -0.25) is 0 Å². The van der Waals surface area contributed by atoms with Gasteiger partial charge >= 0.3 is 0 Å². The van der Waals surface area contributed by atoms with Gasteiger partial charge < -0.3 is 20.3 Å². The van der Waals surface area contributed by atoms with Crippen molar-refractivity contribution in [1.29, 1.82) is 0 Å². The SMILES string of the molecule is NC1(c2c(Cl)c(O)cc3c2OCCO3)CCCC1. The van der Waals surface area contributed by atoms with Crippen molar-refractivity contribution in [1.82, 2.24) is 0 Å². The van der Waals surface area contributed by atoms with E-state index in [0.717, 1.165) is 25.7 Å². The highest BCUT2D eigenvalue weighted by Crippen LogP contribution is 2.51. The highest BCUT2D eigenvalue weighted by atomic mass is 35.5. The zero-order valence-electron chi connectivity index (χ0n) is 10.0. The lowest BCUT2D eigenvalue weighted by molar-refractivity contribution is 0.166. The van der Waals surface area contributed by atoms with Crippen molar-refractivity contribution in [3.8, 4) is 17.2 Å². The van der Waals surface area contributed by atoms with Crippen LogP contribution < -0.4 is 15.2 Å². The van der Waals surface area contributed by atoms with Crippen LogP contribution in [0.2, 0.25) is 5.02 Å². The first-order chi connectivity index (χ1) is 8.62. The fourth-order valence-electron chi connectivity index (χ4n) is 2.85. The van der Waals surface area contributed by atoms with E-state index in [0.29, 0.717) is 35.3 Å². The Labute approximate surface area is 111 Å². The molecule has 98 valence electrons. The van der Waals surface area contributed by atoms with E-state index >= 15 is 0 Å². The number of phenolic OH excluding ortho intramolecular Hbond substituents is 1. The first-order valence-electron chi connectivity index (χ1n) is 6.22. The first-order valence-corrected chi connectivity index (χ1v) is 6.60. The highest BCUT2D eigenvalue weighted by Gasteiger charge is 2.39. The quantitative estimate of drug-likeness (QED) is 0.822. The van der Waals surface area contributed by atoms with Gasteiger partial charge in [-0.15, -0.1) is 0 Å². The van der Waals surface area contributed by atoms with Crippen LogP contribution in [0.1, 0.15) is 31.2 Å². The van der Waals surface area contributed by atoms with E-state index in [1.807, 2.05) is 0 Å². The van der Waals surface area contributed by atoms with Gasteiger partial charge in [-0.05, 0) is 12.8 Å². The summed E-state index contributed by atoms with van der Waals surface area (Å²) < 4.78 is 11.2. The van der Waals surface area contributed by atoms with Crippen molar-refractivity contribution in [2.24, 2.45) is 5.73 Å². The van der Waals surface area contributed by atoms with Crippen LogP contribution >= 0.6 is 11.6 Å². The zero-order valence-corrected chi connectivity index (χ0v) is 10.8. The second-order valence-electron chi connectivity index (χ2n) is 4.97. The molecule has 1 saturated carbocycles. The largest absolute Gasteiger partial charge is 0.506 e. The Bertz CT molecular complexity index is 484. The van der Waals surface area contributed by atoms with E-state index < -0.39 is 5.54 Å². The second-order valence-corrected chi connectivity index (χ2v) is 5.35. The molecule has 0 bridgehead atoms.